The molecule has 0 heterocycles. The fraction of sp³-hybridized carbons (Fsp3) is 0.800. The summed E-state index contributed by atoms with van der Waals surface area (Å²) in [7, 11) is 0. The lowest BCUT2D eigenvalue weighted by molar-refractivity contribution is -0.538. The summed E-state index contributed by atoms with van der Waals surface area (Å²) < 4.78 is 11.9. The van der Waals surface area contributed by atoms with Gasteiger partial charge in [-0.15, -0.1) is 0 Å². The van der Waals surface area contributed by atoms with Crippen LogP contribution in [0.4, 0.5) is 4.39 Å². The number of hydrogen-bond acceptors (Lipinski definition) is 4. The van der Waals surface area contributed by atoms with E-state index in [-0.39, 0.29) is 0 Å². The molecular formula is C5H9FN2O3. The molecular weight excluding hydrogens is 155 g/mol. The van der Waals surface area contributed by atoms with Gasteiger partial charge < -0.3 is 5.21 Å². The van der Waals surface area contributed by atoms with Gasteiger partial charge in [-0.1, -0.05) is 5.16 Å². The highest BCUT2D eigenvalue weighted by Gasteiger charge is 2.38. The van der Waals surface area contributed by atoms with Gasteiger partial charge in [0.2, 0.25) is 0 Å². The summed E-state index contributed by atoms with van der Waals surface area (Å²) in [5.41, 5.74) is -2.12. The van der Waals surface area contributed by atoms with E-state index >= 15 is 0 Å². The second-order valence-corrected chi connectivity index (χ2v) is 2.50. The van der Waals surface area contributed by atoms with Gasteiger partial charge in [0.05, 0.1) is 0 Å². The van der Waals surface area contributed by atoms with Gasteiger partial charge in [-0.25, -0.2) is 4.39 Å². The Morgan fingerprint density at radius 3 is 2.36 bits per heavy atom. The minimum Gasteiger partial charge on any atom is -0.411 e. The summed E-state index contributed by atoms with van der Waals surface area (Å²) in [5.74, 6) is 0. The smallest absolute Gasteiger partial charge is 0.260 e. The van der Waals surface area contributed by atoms with Crippen molar-refractivity contribution in [3.63, 3.8) is 0 Å². The van der Waals surface area contributed by atoms with E-state index < -0.39 is 22.8 Å². The van der Waals surface area contributed by atoms with Crippen molar-refractivity contribution in [2.24, 2.45) is 5.16 Å². The Balaban J connectivity index is 4.66. The highest BCUT2D eigenvalue weighted by atomic mass is 19.1. The molecule has 0 atom stereocenters. The van der Waals surface area contributed by atoms with E-state index in [1.165, 1.54) is 13.8 Å². The number of halogens is 1. The molecule has 0 saturated heterocycles. The fourth-order valence-corrected chi connectivity index (χ4v) is 0.418. The zero-order valence-electron chi connectivity index (χ0n) is 6.24. The molecule has 0 aliphatic rings. The molecule has 64 valence electrons. The van der Waals surface area contributed by atoms with Crippen LogP contribution in [-0.2, 0) is 0 Å². The van der Waals surface area contributed by atoms with Crippen molar-refractivity contribution in [2.45, 2.75) is 19.4 Å². The van der Waals surface area contributed by atoms with Crippen LogP contribution in [0.2, 0.25) is 0 Å². The molecule has 1 N–H and O–H groups in total. The Hall–Kier alpha value is -1.20. The third-order valence-corrected chi connectivity index (χ3v) is 1.41. The van der Waals surface area contributed by atoms with Gasteiger partial charge in [-0.05, 0) is 0 Å². The maximum atomic E-state index is 11.9. The summed E-state index contributed by atoms with van der Waals surface area (Å²) in [6.45, 7) is 1.22. The first-order chi connectivity index (χ1) is 4.96. The van der Waals surface area contributed by atoms with Gasteiger partial charge in [-0.3, -0.25) is 10.1 Å². The number of alkyl halides is 1. The van der Waals surface area contributed by atoms with E-state index in [4.69, 9.17) is 5.21 Å². The summed E-state index contributed by atoms with van der Waals surface area (Å²) >= 11 is 0. The van der Waals surface area contributed by atoms with Crippen molar-refractivity contribution < 1.29 is 14.5 Å². The predicted octanol–water partition coefficient (Wildman–Crippen LogP) is 0.841. The number of rotatable bonds is 3. The minimum atomic E-state index is -1.64. The lowest BCUT2D eigenvalue weighted by Crippen LogP contribution is -2.41. The van der Waals surface area contributed by atoms with E-state index in [0.717, 1.165) is 0 Å². The molecule has 0 radical (unpaired) electrons. The molecule has 0 aromatic carbocycles. The van der Waals surface area contributed by atoms with Gasteiger partial charge in [0, 0.05) is 18.8 Å². The molecule has 0 fully saturated rings. The van der Waals surface area contributed by atoms with Crippen molar-refractivity contribution >= 4 is 5.71 Å². The highest BCUT2D eigenvalue weighted by Crippen LogP contribution is 2.10. The van der Waals surface area contributed by atoms with Gasteiger partial charge in [0.1, 0.15) is 6.67 Å². The molecule has 0 bridgehead atoms. The quantitative estimate of drug-likeness (QED) is 0.290. The van der Waals surface area contributed by atoms with Crippen LogP contribution in [0, 0.1) is 10.1 Å². The molecule has 0 spiro atoms. The van der Waals surface area contributed by atoms with Gasteiger partial charge in [-0.2, -0.15) is 0 Å². The molecule has 0 amide bonds. The van der Waals surface area contributed by atoms with Gasteiger partial charge in [0.15, 0.2) is 5.71 Å². The van der Waals surface area contributed by atoms with Crippen LogP contribution in [0.15, 0.2) is 5.16 Å². The Kier molecular flexibility index (Phi) is 2.91. The molecule has 0 aliphatic heterocycles. The Labute approximate surface area is 62.7 Å². The van der Waals surface area contributed by atoms with Crippen LogP contribution in [0.5, 0.6) is 0 Å². The summed E-state index contributed by atoms with van der Waals surface area (Å²) in [4.78, 5) is 9.52. The molecule has 5 nitrogen and oxygen atoms in total. The highest BCUT2D eigenvalue weighted by molar-refractivity contribution is 5.92. The summed E-state index contributed by atoms with van der Waals surface area (Å²) in [6, 6.07) is 0. The van der Waals surface area contributed by atoms with Gasteiger partial charge in [0.25, 0.3) is 5.54 Å². The lowest BCUT2D eigenvalue weighted by atomic mass is 10.0. The zero-order valence-corrected chi connectivity index (χ0v) is 6.24. The largest absolute Gasteiger partial charge is 0.411 e. The van der Waals surface area contributed by atoms with Crippen molar-refractivity contribution in [1.82, 2.24) is 0 Å². The van der Waals surface area contributed by atoms with Crippen LogP contribution in [-0.4, -0.2) is 28.1 Å². The molecule has 0 unspecified atom stereocenters. The van der Waals surface area contributed by atoms with Crippen LogP contribution >= 0.6 is 0 Å². The normalized spacial score (nSPS) is 13.2. The average Bonchev–Trinajstić information content (AvgIpc) is 1.89. The molecule has 0 aromatic rings. The zero-order chi connectivity index (χ0) is 9.07. The van der Waals surface area contributed by atoms with E-state index in [0.29, 0.717) is 0 Å². The monoisotopic (exact) mass is 164 g/mol. The second kappa shape index (κ2) is 3.27. The van der Waals surface area contributed by atoms with E-state index in [2.05, 4.69) is 5.16 Å². The van der Waals surface area contributed by atoms with Gasteiger partial charge >= 0.3 is 0 Å². The first-order valence-electron chi connectivity index (χ1n) is 2.88. The number of oxime groups is 1. The second-order valence-electron chi connectivity index (χ2n) is 2.50. The molecule has 0 aliphatic carbocycles. The number of nitrogens with zero attached hydrogens (tertiary/aromatic N) is 2. The predicted molar refractivity (Wildman–Crippen MR) is 36.3 cm³/mol. The molecule has 0 rings (SSSR count). The molecule has 11 heavy (non-hydrogen) atoms. The summed E-state index contributed by atoms with van der Waals surface area (Å²) in [5, 5.41) is 20.9. The van der Waals surface area contributed by atoms with Crippen molar-refractivity contribution in [2.75, 3.05) is 6.67 Å². The Morgan fingerprint density at radius 2 is 2.27 bits per heavy atom. The average molecular weight is 164 g/mol. The van der Waals surface area contributed by atoms with Crippen LogP contribution in [0.3, 0.4) is 0 Å². The number of hydrogen-bond donors (Lipinski definition) is 1. The van der Waals surface area contributed by atoms with E-state index in [9.17, 15) is 14.5 Å². The van der Waals surface area contributed by atoms with Crippen molar-refractivity contribution in [3.05, 3.63) is 10.1 Å². The molecule has 6 heteroatoms. The summed E-state index contributed by atoms with van der Waals surface area (Å²) in [6.07, 6.45) is 0. The minimum absolute atomic E-state index is 0.484. The van der Waals surface area contributed by atoms with Crippen molar-refractivity contribution in [1.29, 1.82) is 0 Å². The third-order valence-electron chi connectivity index (χ3n) is 1.41. The topological polar surface area (TPSA) is 75.7 Å². The standard InChI is InChI=1S/C5H9FN2O3/c1-5(2,8(10)11)4(3-6)7-9/h9H,3H2,1-2H3/b7-4-. The first-order valence-corrected chi connectivity index (χ1v) is 2.88. The fourth-order valence-electron chi connectivity index (χ4n) is 0.418. The Morgan fingerprint density at radius 1 is 1.82 bits per heavy atom. The Bertz CT molecular complexity index is 190. The third kappa shape index (κ3) is 1.86. The number of nitro groups is 1. The molecule has 0 aromatic heterocycles. The van der Waals surface area contributed by atoms with Crippen LogP contribution < -0.4 is 0 Å². The first kappa shape index (κ1) is 9.80. The SMILES string of the molecule is CC(C)(/C(CF)=N\O)[N+](=O)[O-]. The van der Waals surface area contributed by atoms with Crippen LogP contribution in [0.1, 0.15) is 13.8 Å². The van der Waals surface area contributed by atoms with Crippen molar-refractivity contribution in [3.8, 4) is 0 Å². The van der Waals surface area contributed by atoms with E-state index in [1.54, 1.807) is 0 Å². The molecule has 0 saturated carbocycles. The van der Waals surface area contributed by atoms with E-state index in [1.807, 2.05) is 0 Å². The van der Waals surface area contributed by atoms with Crippen LogP contribution in [0.25, 0.3) is 0 Å². The maximum Gasteiger partial charge on any atom is 0.260 e. The maximum absolute atomic E-state index is 11.9. The lowest BCUT2D eigenvalue weighted by Gasteiger charge is -2.13.